The molecule has 0 saturated heterocycles. The van der Waals surface area contributed by atoms with Gasteiger partial charge in [0.05, 0.1) is 5.69 Å². The van der Waals surface area contributed by atoms with Crippen LogP contribution in [-0.2, 0) is 0 Å². The number of thiazole rings is 1. The summed E-state index contributed by atoms with van der Waals surface area (Å²) >= 11 is 4.92. The zero-order chi connectivity index (χ0) is 16.4. The van der Waals surface area contributed by atoms with Crippen molar-refractivity contribution in [2.45, 2.75) is 13.8 Å². The van der Waals surface area contributed by atoms with Gasteiger partial charge in [0.15, 0.2) is 5.13 Å². The molecule has 0 radical (unpaired) electrons. The second-order valence-electron chi connectivity index (χ2n) is 5.25. The monoisotopic (exact) mass is 386 g/mol. The first-order valence-electron chi connectivity index (χ1n) is 7.14. The lowest BCUT2D eigenvalue weighted by molar-refractivity contribution is 0.102. The fourth-order valence-corrected chi connectivity index (χ4v) is 3.29. The fourth-order valence-electron chi connectivity index (χ4n) is 2.20. The summed E-state index contributed by atoms with van der Waals surface area (Å²) in [5.41, 5.74) is 3.71. The number of carbonyl (C=O) groups is 1. The maximum atomic E-state index is 12.3. The molecule has 3 rings (SSSR count). The second-order valence-corrected chi connectivity index (χ2v) is 7.37. The van der Waals surface area contributed by atoms with Crippen LogP contribution in [0.15, 0.2) is 53.0 Å². The number of nitrogens with one attached hydrogen (secondary N) is 1. The Morgan fingerprint density at radius 2 is 1.70 bits per heavy atom. The number of benzene rings is 2. The molecule has 0 aliphatic carbocycles. The number of rotatable bonds is 3. The van der Waals surface area contributed by atoms with Crippen LogP contribution in [0.5, 0.6) is 0 Å². The minimum absolute atomic E-state index is 0.138. The molecule has 0 fully saturated rings. The average molecular weight is 387 g/mol. The van der Waals surface area contributed by atoms with Crippen molar-refractivity contribution in [3.05, 3.63) is 69.0 Å². The van der Waals surface area contributed by atoms with E-state index in [0.29, 0.717) is 10.7 Å². The number of amides is 1. The zero-order valence-electron chi connectivity index (χ0n) is 12.8. The number of carbonyl (C=O) groups excluding carboxylic acids is 1. The molecule has 0 atom stereocenters. The van der Waals surface area contributed by atoms with E-state index in [-0.39, 0.29) is 5.91 Å². The quantitative estimate of drug-likeness (QED) is 0.650. The molecule has 0 saturated carbocycles. The summed E-state index contributed by atoms with van der Waals surface area (Å²) in [6.45, 7) is 4.01. The summed E-state index contributed by atoms with van der Waals surface area (Å²) in [5.74, 6) is -0.138. The Labute approximate surface area is 147 Å². The molecule has 1 amide bonds. The van der Waals surface area contributed by atoms with Gasteiger partial charge in [0.2, 0.25) is 0 Å². The van der Waals surface area contributed by atoms with Crippen LogP contribution in [0.2, 0.25) is 0 Å². The number of aryl methyl sites for hydroxylation is 2. The summed E-state index contributed by atoms with van der Waals surface area (Å²) < 4.78 is 1.03. The van der Waals surface area contributed by atoms with Gasteiger partial charge in [-0.15, -0.1) is 11.3 Å². The third-order valence-electron chi connectivity index (χ3n) is 3.45. The van der Waals surface area contributed by atoms with Crippen molar-refractivity contribution in [3.8, 4) is 11.3 Å². The first kappa shape index (κ1) is 15.9. The van der Waals surface area contributed by atoms with Gasteiger partial charge in [-0.25, -0.2) is 4.98 Å². The van der Waals surface area contributed by atoms with E-state index in [1.165, 1.54) is 11.3 Å². The van der Waals surface area contributed by atoms with Crippen LogP contribution in [0.3, 0.4) is 0 Å². The molecule has 0 bridgehead atoms. The van der Waals surface area contributed by atoms with Crippen LogP contribution >= 0.6 is 27.3 Å². The molecule has 0 spiro atoms. The van der Waals surface area contributed by atoms with Crippen molar-refractivity contribution < 1.29 is 4.79 Å². The number of hydrogen-bond acceptors (Lipinski definition) is 3. The number of aromatic nitrogens is 1. The lowest BCUT2D eigenvalue weighted by Gasteiger charge is -2.02. The molecule has 3 aromatic rings. The van der Waals surface area contributed by atoms with Crippen molar-refractivity contribution in [2.24, 2.45) is 0 Å². The lowest BCUT2D eigenvalue weighted by Crippen LogP contribution is -2.11. The van der Waals surface area contributed by atoms with Crippen molar-refractivity contribution in [2.75, 3.05) is 5.32 Å². The van der Waals surface area contributed by atoms with Crippen LogP contribution < -0.4 is 5.32 Å². The van der Waals surface area contributed by atoms with Crippen LogP contribution in [0.4, 0.5) is 5.13 Å². The topological polar surface area (TPSA) is 42.0 Å². The van der Waals surface area contributed by atoms with Crippen molar-refractivity contribution >= 4 is 38.3 Å². The highest BCUT2D eigenvalue weighted by molar-refractivity contribution is 9.10. The largest absolute Gasteiger partial charge is 0.298 e. The Morgan fingerprint density at radius 3 is 2.35 bits per heavy atom. The van der Waals surface area contributed by atoms with E-state index < -0.39 is 0 Å². The van der Waals surface area contributed by atoms with E-state index in [0.717, 1.165) is 26.2 Å². The minimum Gasteiger partial charge on any atom is -0.298 e. The van der Waals surface area contributed by atoms with Gasteiger partial charge < -0.3 is 0 Å². The Morgan fingerprint density at radius 1 is 1.04 bits per heavy atom. The van der Waals surface area contributed by atoms with E-state index in [1.54, 1.807) is 0 Å². The van der Waals surface area contributed by atoms with Crippen LogP contribution in [0.25, 0.3) is 11.3 Å². The lowest BCUT2D eigenvalue weighted by atomic mass is 10.1. The van der Waals surface area contributed by atoms with Crippen molar-refractivity contribution in [3.63, 3.8) is 0 Å². The minimum atomic E-state index is -0.138. The maximum absolute atomic E-state index is 12.3. The maximum Gasteiger partial charge on any atom is 0.257 e. The molecule has 23 heavy (non-hydrogen) atoms. The zero-order valence-corrected chi connectivity index (χ0v) is 15.2. The summed E-state index contributed by atoms with van der Waals surface area (Å²) in [5, 5.41) is 3.50. The van der Waals surface area contributed by atoms with E-state index >= 15 is 0 Å². The first-order chi connectivity index (χ1) is 11.0. The second kappa shape index (κ2) is 6.64. The number of nitrogens with zero attached hydrogens (tertiary/aromatic N) is 1. The summed E-state index contributed by atoms with van der Waals surface area (Å²) in [7, 11) is 0. The molecule has 0 aliphatic heterocycles. The van der Waals surface area contributed by atoms with E-state index in [1.807, 2.05) is 62.4 Å². The number of hydrogen-bond donors (Lipinski definition) is 1. The number of halogens is 1. The average Bonchev–Trinajstić information content (AvgIpc) is 2.89. The highest BCUT2D eigenvalue weighted by Crippen LogP contribution is 2.31. The van der Waals surface area contributed by atoms with Crippen LogP contribution in [0.1, 0.15) is 20.8 Å². The molecule has 3 nitrogen and oxygen atoms in total. The summed E-state index contributed by atoms with van der Waals surface area (Å²) in [6, 6.07) is 15.5. The smallest absolute Gasteiger partial charge is 0.257 e. The Hall–Kier alpha value is -1.98. The summed E-state index contributed by atoms with van der Waals surface area (Å²) in [4.78, 5) is 17.9. The normalized spacial score (nSPS) is 10.6. The van der Waals surface area contributed by atoms with E-state index in [9.17, 15) is 4.79 Å². The third kappa shape index (κ3) is 3.68. The summed E-state index contributed by atoms with van der Waals surface area (Å²) in [6.07, 6.45) is 0. The molecule has 2 aromatic carbocycles. The SMILES string of the molecule is Cc1ccc(C(=O)Nc2nc(-c3ccc(Br)cc3)c(C)s2)cc1. The third-order valence-corrected chi connectivity index (χ3v) is 4.86. The predicted molar refractivity (Wildman–Crippen MR) is 99.1 cm³/mol. The van der Waals surface area contributed by atoms with Crippen LogP contribution in [-0.4, -0.2) is 10.9 Å². The van der Waals surface area contributed by atoms with Gasteiger partial charge in [-0.05, 0) is 38.1 Å². The highest BCUT2D eigenvalue weighted by Gasteiger charge is 2.13. The number of anilines is 1. The molecule has 5 heteroatoms. The van der Waals surface area contributed by atoms with Gasteiger partial charge in [0.1, 0.15) is 0 Å². The Bertz CT molecular complexity index is 838. The van der Waals surface area contributed by atoms with Gasteiger partial charge in [0, 0.05) is 20.5 Å². The van der Waals surface area contributed by atoms with E-state index in [2.05, 4.69) is 26.2 Å². The van der Waals surface area contributed by atoms with Gasteiger partial charge in [0.25, 0.3) is 5.91 Å². The van der Waals surface area contributed by atoms with Gasteiger partial charge in [-0.2, -0.15) is 0 Å². The van der Waals surface area contributed by atoms with Gasteiger partial charge in [-0.1, -0.05) is 45.8 Å². The van der Waals surface area contributed by atoms with Gasteiger partial charge >= 0.3 is 0 Å². The molecule has 0 aliphatic rings. The molecule has 1 aromatic heterocycles. The fraction of sp³-hybridized carbons (Fsp3) is 0.111. The predicted octanol–water partition coefficient (Wildman–Crippen LogP) is 5.44. The van der Waals surface area contributed by atoms with E-state index in [4.69, 9.17) is 0 Å². The van der Waals surface area contributed by atoms with Gasteiger partial charge in [-0.3, -0.25) is 10.1 Å². The van der Waals surface area contributed by atoms with Crippen LogP contribution in [0, 0.1) is 13.8 Å². The van der Waals surface area contributed by atoms with Crippen molar-refractivity contribution in [1.29, 1.82) is 0 Å². The standard InChI is InChI=1S/C18H15BrN2OS/c1-11-3-5-14(6-4-11)17(22)21-18-20-16(12(2)23-18)13-7-9-15(19)10-8-13/h3-10H,1-2H3,(H,20,21,22). The molecule has 1 heterocycles. The molecule has 116 valence electrons. The highest BCUT2D eigenvalue weighted by atomic mass is 79.9. The molecular weight excluding hydrogens is 372 g/mol. The molecule has 0 unspecified atom stereocenters. The molecular formula is C18H15BrN2OS. The first-order valence-corrected chi connectivity index (χ1v) is 8.75. The van der Waals surface area contributed by atoms with Crippen molar-refractivity contribution in [1.82, 2.24) is 4.98 Å². The molecule has 1 N–H and O–H groups in total. The Kier molecular flexibility index (Phi) is 4.59. The Balaban J connectivity index is 1.82.